The molecular formula is C16H17BrN3OS+. The molecule has 1 heterocycles. The van der Waals surface area contributed by atoms with Crippen molar-refractivity contribution in [3.63, 3.8) is 0 Å². The standard InChI is InChI=1S/C16H16BrN3OS/c1-20(11-12-2-4-14(17)5-3-12)8-6-15(21)19-16-13(10-18)7-9-22-16/h2-5,7,9H,6,8,11H2,1H3,(H,19,21)/p+1. The number of nitrogens with zero attached hydrogens (tertiary/aromatic N) is 1. The molecule has 1 unspecified atom stereocenters. The van der Waals surface area contributed by atoms with E-state index < -0.39 is 0 Å². The second-order valence-electron chi connectivity index (χ2n) is 5.08. The molecule has 1 atom stereocenters. The highest BCUT2D eigenvalue weighted by Crippen LogP contribution is 2.21. The van der Waals surface area contributed by atoms with Crippen molar-refractivity contribution in [2.75, 3.05) is 18.9 Å². The molecule has 0 saturated heterocycles. The fourth-order valence-corrected chi connectivity index (χ4v) is 3.07. The van der Waals surface area contributed by atoms with Crippen LogP contribution < -0.4 is 10.2 Å². The zero-order valence-electron chi connectivity index (χ0n) is 12.2. The Morgan fingerprint density at radius 1 is 1.36 bits per heavy atom. The number of thiophene rings is 1. The third-order valence-electron chi connectivity index (χ3n) is 3.24. The van der Waals surface area contributed by atoms with Gasteiger partial charge in [0, 0.05) is 10.0 Å². The zero-order chi connectivity index (χ0) is 15.9. The van der Waals surface area contributed by atoms with E-state index >= 15 is 0 Å². The number of nitrogens with one attached hydrogen (secondary N) is 2. The fraction of sp³-hybridized carbons (Fsp3) is 0.250. The molecule has 114 valence electrons. The van der Waals surface area contributed by atoms with Crippen LogP contribution in [0.4, 0.5) is 5.00 Å². The monoisotopic (exact) mass is 378 g/mol. The van der Waals surface area contributed by atoms with Crippen molar-refractivity contribution in [2.24, 2.45) is 0 Å². The van der Waals surface area contributed by atoms with Gasteiger partial charge < -0.3 is 10.2 Å². The summed E-state index contributed by atoms with van der Waals surface area (Å²) in [6.07, 6.45) is 0.436. The predicted molar refractivity (Wildman–Crippen MR) is 91.9 cm³/mol. The molecule has 0 aliphatic rings. The van der Waals surface area contributed by atoms with Crippen LogP contribution in [0, 0.1) is 11.3 Å². The maximum atomic E-state index is 11.9. The summed E-state index contributed by atoms with van der Waals surface area (Å²) in [4.78, 5) is 13.2. The largest absolute Gasteiger partial charge is 0.333 e. The average molecular weight is 379 g/mol. The Morgan fingerprint density at radius 2 is 2.09 bits per heavy atom. The summed E-state index contributed by atoms with van der Waals surface area (Å²) in [5, 5.41) is 14.2. The lowest BCUT2D eigenvalue weighted by atomic mass is 10.2. The Morgan fingerprint density at radius 3 is 2.77 bits per heavy atom. The number of hydrogen-bond acceptors (Lipinski definition) is 3. The number of carbonyl (C=O) groups excluding carboxylic acids is 1. The molecule has 2 rings (SSSR count). The van der Waals surface area contributed by atoms with Crippen molar-refractivity contribution < 1.29 is 9.69 Å². The number of halogens is 1. The highest BCUT2D eigenvalue weighted by Gasteiger charge is 2.11. The van der Waals surface area contributed by atoms with Crippen molar-refractivity contribution in [2.45, 2.75) is 13.0 Å². The number of rotatable bonds is 6. The van der Waals surface area contributed by atoms with Crippen molar-refractivity contribution in [3.05, 3.63) is 51.3 Å². The Balaban J connectivity index is 1.78. The van der Waals surface area contributed by atoms with E-state index in [0.29, 0.717) is 17.0 Å². The fourth-order valence-electron chi connectivity index (χ4n) is 2.05. The van der Waals surface area contributed by atoms with Crippen LogP contribution in [0.15, 0.2) is 40.2 Å². The average Bonchev–Trinajstić information content (AvgIpc) is 2.95. The number of benzene rings is 1. The molecule has 0 fully saturated rings. The van der Waals surface area contributed by atoms with Gasteiger partial charge in [0.2, 0.25) is 5.91 Å². The summed E-state index contributed by atoms with van der Waals surface area (Å²) < 4.78 is 1.07. The van der Waals surface area contributed by atoms with Crippen LogP contribution >= 0.6 is 27.3 Å². The molecule has 6 heteroatoms. The minimum absolute atomic E-state index is 0.0471. The Kier molecular flexibility index (Phi) is 6.13. The summed E-state index contributed by atoms with van der Waals surface area (Å²) in [6.45, 7) is 1.62. The number of anilines is 1. The molecule has 0 aliphatic carbocycles. The van der Waals surface area contributed by atoms with Crippen LogP contribution in [0.5, 0.6) is 0 Å². The minimum Gasteiger partial charge on any atom is -0.333 e. The highest BCUT2D eigenvalue weighted by molar-refractivity contribution is 9.10. The summed E-state index contributed by atoms with van der Waals surface area (Å²) in [7, 11) is 2.07. The molecule has 0 bridgehead atoms. The van der Waals surface area contributed by atoms with E-state index in [1.165, 1.54) is 21.8 Å². The van der Waals surface area contributed by atoms with Gasteiger partial charge in [-0.2, -0.15) is 5.26 Å². The summed E-state index contributed by atoms with van der Waals surface area (Å²) >= 11 is 4.79. The summed E-state index contributed by atoms with van der Waals surface area (Å²) in [6, 6.07) is 12.0. The molecule has 0 spiro atoms. The van der Waals surface area contributed by atoms with Crippen LogP contribution in [-0.2, 0) is 11.3 Å². The van der Waals surface area contributed by atoms with Gasteiger partial charge >= 0.3 is 0 Å². The molecule has 0 radical (unpaired) electrons. The lowest BCUT2D eigenvalue weighted by Gasteiger charge is -2.14. The second kappa shape index (κ2) is 8.08. The van der Waals surface area contributed by atoms with Crippen molar-refractivity contribution in [3.8, 4) is 6.07 Å². The Hall–Kier alpha value is -1.68. The van der Waals surface area contributed by atoms with Crippen molar-refractivity contribution >= 4 is 38.2 Å². The van der Waals surface area contributed by atoms with E-state index in [1.54, 1.807) is 11.4 Å². The minimum atomic E-state index is -0.0471. The summed E-state index contributed by atoms with van der Waals surface area (Å²) in [5.41, 5.74) is 1.76. The Bertz CT molecular complexity index is 675. The molecular weight excluding hydrogens is 362 g/mol. The van der Waals surface area contributed by atoms with Gasteiger partial charge in [-0.15, -0.1) is 11.3 Å². The third-order valence-corrected chi connectivity index (χ3v) is 4.60. The highest BCUT2D eigenvalue weighted by atomic mass is 79.9. The molecule has 1 amide bonds. The lowest BCUT2D eigenvalue weighted by Crippen LogP contribution is -3.07. The van der Waals surface area contributed by atoms with Crippen LogP contribution in [0.3, 0.4) is 0 Å². The van der Waals surface area contributed by atoms with Gasteiger partial charge in [0.1, 0.15) is 17.6 Å². The van der Waals surface area contributed by atoms with Gasteiger partial charge in [-0.05, 0) is 23.6 Å². The smallest absolute Gasteiger partial charge is 0.230 e. The van der Waals surface area contributed by atoms with Gasteiger partial charge in [0.25, 0.3) is 0 Å². The molecule has 0 aliphatic heterocycles. The van der Waals surface area contributed by atoms with Crippen LogP contribution in [0.1, 0.15) is 17.5 Å². The zero-order valence-corrected chi connectivity index (χ0v) is 14.6. The number of hydrogen-bond donors (Lipinski definition) is 2. The van der Waals surface area contributed by atoms with Gasteiger partial charge in [-0.1, -0.05) is 28.1 Å². The third kappa shape index (κ3) is 4.95. The van der Waals surface area contributed by atoms with E-state index in [4.69, 9.17) is 5.26 Å². The van der Waals surface area contributed by atoms with E-state index in [0.717, 1.165) is 17.6 Å². The first-order chi connectivity index (χ1) is 10.6. The van der Waals surface area contributed by atoms with Gasteiger partial charge in [0.15, 0.2) is 0 Å². The van der Waals surface area contributed by atoms with Gasteiger partial charge in [-0.25, -0.2) is 0 Å². The maximum Gasteiger partial charge on any atom is 0.230 e. The molecule has 4 nitrogen and oxygen atoms in total. The van der Waals surface area contributed by atoms with Crippen LogP contribution in [0.2, 0.25) is 0 Å². The SMILES string of the molecule is C[NH+](CCC(=O)Nc1sccc1C#N)Cc1ccc(Br)cc1. The first-order valence-corrected chi connectivity index (χ1v) is 8.59. The first kappa shape index (κ1) is 16.7. The Labute approximate surface area is 142 Å². The molecule has 0 saturated carbocycles. The maximum absolute atomic E-state index is 11.9. The van der Waals surface area contributed by atoms with Gasteiger partial charge in [0.05, 0.1) is 25.6 Å². The van der Waals surface area contributed by atoms with Crippen molar-refractivity contribution in [1.82, 2.24) is 0 Å². The van der Waals surface area contributed by atoms with E-state index in [-0.39, 0.29) is 5.91 Å². The van der Waals surface area contributed by atoms with Gasteiger partial charge in [-0.3, -0.25) is 4.79 Å². The van der Waals surface area contributed by atoms with E-state index in [1.807, 2.05) is 12.1 Å². The molecule has 2 N–H and O–H groups in total. The number of amides is 1. The summed E-state index contributed by atoms with van der Waals surface area (Å²) in [5.74, 6) is -0.0471. The topological polar surface area (TPSA) is 57.3 Å². The van der Waals surface area contributed by atoms with E-state index in [2.05, 4.69) is 46.5 Å². The molecule has 1 aromatic heterocycles. The number of carbonyl (C=O) groups is 1. The van der Waals surface area contributed by atoms with Crippen LogP contribution in [0.25, 0.3) is 0 Å². The quantitative estimate of drug-likeness (QED) is 0.810. The number of quaternary nitrogens is 1. The molecule has 1 aromatic carbocycles. The van der Waals surface area contributed by atoms with Crippen LogP contribution in [-0.4, -0.2) is 19.5 Å². The second-order valence-corrected chi connectivity index (χ2v) is 6.92. The molecule has 2 aromatic rings. The normalized spacial score (nSPS) is 11.7. The number of nitriles is 1. The van der Waals surface area contributed by atoms with E-state index in [9.17, 15) is 4.79 Å². The predicted octanol–water partition coefficient (Wildman–Crippen LogP) is 2.43. The van der Waals surface area contributed by atoms with Crippen molar-refractivity contribution in [1.29, 1.82) is 5.26 Å². The lowest BCUT2D eigenvalue weighted by molar-refractivity contribution is -0.893. The molecule has 22 heavy (non-hydrogen) atoms. The first-order valence-electron chi connectivity index (χ1n) is 6.91.